The Bertz CT molecular complexity index is 383. The van der Waals surface area contributed by atoms with Gasteiger partial charge in [-0.3, -0.25) is 4.79 Å². The zero-order valence-electron chi connectivity index (χ0n) is 10.5. The molecule has 2 N–H and O–H groups in total. The lowest BCUT2D eigenvalue weighted by atomic mass is 10.1. The van der Waals surface area contributed by atoms with E-state index in [4.69, 9.17) is 0 Å². The van der Waals surface area contributed by atoms with Crippen LogP contribution in [-0.2, 0) is 4.79 Å². The van der Waals surface area contributed by atoms with Crippen LogP contribution in [-0.4, -0.2) is 29.1 Å². The van der Waals surface area contributed by atoms with Gasteiger partial charge in [-0.1, -0.05) is 28.1 Å². The van der Waals surface area contributed by atoms with E-state index in [-0.39, 0.29) is 11.9 Å². The van der Waals surface area contributed by atoms with E-state index in [1.807, 2.05) is 25.3 Å². The normalized spacial score (nSPS) is 14.0. The molecule has 0 aliphatic rings. The summed E-state index contributed by atoms with van der Waals surface area (Å²) in [5.74, 6) is 0.654. The van der Waals surface area contributed by atoms with Crippen LogP contribution in [0.25, 0.3) is 0 Å². The van der Waals surface area contributed by atoms with E-state index in [0.29, 0.717) is 5.56 Å². The minimum Gasteiger partial charge on any atom is -0.378 e. The molecule has 0 aliphatic carbocycles. The zero-order chi connectivity index (χ0) is 13.5. The number of aliphatic hydroxyl groups excluding tert-OH is 1. The number of amides is 1. The Balaban J connectivity index is 2.53. The number of aliphatic hydroxyl groups is 1. The van der Waals surface area contributed by atoms with Crippen LogP contribution in [0.1, 0.15) is 25.0 Å². The van der Waals surface area contributed by atoms with Gasteiger partial charge in [0.15, 0.2) is 6.10 Å². The first-order valence-corrected chi connectivity index (χ1v) is 7.96. The smallest absolute Gasteiger partial charge is 0.253 e. The monoisotopic (exact) mass is 331 g/mol. The van der Waals surface area contributed by atoms with Crippen molar-refractivity contribution in [2.45, 2.75) is 25.5 Å². The molecule has 2 atom stereocenters. The van der Waals surface area contributed by atoms with Gasteiger partial charge in [-0.2, -0.15) is 11.8 Å². The van der Waals surface area contributed by atoms with Gasteiger partial charge < -0.3 is 10.4 Å². The Morgan fingerprint density at radius 3 is 2.61 bits per heavy atom. The maximum Gasteiger partial charge on any atom is 0.253 e. The Hall–Kier alpha value is -0.520. The molecule has 1 aromatic rings. The number of rotatable bonds is 6. The van der Waals surface area contributed by atoms with Crippen molar-refractivity contribution in [3.05, 3.63) is 34.3 Å². The van der Waals surface area contributed by atoms with E-state index in [9.17, 15) is 9.90 Å². The molecule has 0 spiro atoms. The van der Waals surface area contributed by atoms with E-state index in [2.05, 4.69) is 21.2 Å². The van der Waals surface area contributed by atoms with E-state index in [0.717, 1.165) is 16.6 Å². The molecule has 1 rings (SSSR count). The zero-order valence-corrected chi connectivity index (χ0v) is 12.9. The van der Waals surface area contributed by atoms with Gasteiger partial charge in [-0.05, 0) is 43.0 Å². The summed E-state index contributed by atoms with van der Waals surface area (Å²) in [6, 6.07) is 7.17. The molecule has 0 saturated carbocycles. The predicted octanol–water partition coefficient (Wildman–Crippen LogP) is 2.74. The third kappa shape index (κ3) is 5.00. The van der Waals surface area contributed by atoms with Gasteiger partial charge in [-0.25, -0.2) is 0 Å². The summed E-state index contributed by atoms with van der Waals surface area (Å²) in [6.07, 6.45) is 1.83. The van der Waals surface area contributed by atoms with E-state index < -0.39 is 6.10 Å². The fourth-order valence-electron chi connectivity index (χ4n) is 1.49. The average Bonchev–Trinajstić information content (AvgIpc) is 2.36. The topological polar surface area (TPSA) is 49.3 Å². The van der Waals surface area contributed by atoms with Gasteiger partial charge >= 0.3 is 0 Å². The average molecular weight is 332 g/mol. The number of benzene rings is 1. The molecule has 5 heteroatoms. The predicted molar refractivity (Wildman–Crippen MR) is 79.7 cm³/mol. The lowest BCUT2D eigenvalue weighted by molar-refractivity contribution is -0.130. The van der Waals surface area contributed by atoms with Crippen molar-refractivity contribution >= 4 is 33.6 Å². The summed E-state index contributed by atoms with van der Waals surface area (Å²) in [7, 11) is 0. The van der Waals surface area contributed by atoms with Gasteiger partial charge in [0.2, 0.25) is 0 Å². The van der Waals surface area contributed by atoms with Crippen LogP contribution in [0.4, 0.5) is 0 Å². The number of hydrogen-bond donors (Lipinski definition) is 2. The third-order valence-corrected chi connectivity index (χ3v) is 3.75. The second-order valence-corrected chi connectivity index (χ2v) is 6.05. The number of halogens is 1. The van der Waals surface area contributed by atoms with Crippen LogP contribution < -0.4 is 5.32 Å². The molecule has 0 radical (unpaired) electrons. The Morgan fingerprint density at radius 2 is 2.06 bits per heavy atom. The molecular weight excluding hydrogens is 314 g/mol. The van der Waals surface area contributed by atoms with E-state index in [1.54, 1.807) is 23.9 Å². The molecule has 0 aromatic heterocycles. The summed E-state index contributed by atoms with van der Waals surface area (Å²) in [5, 5.41) is 12.7. The van der Waals surface area contributed by atoms with Gasteiger partial charge in [0, 0.05) is 10.5 Å². The van der Waals surface area contributed by atoms with Crippen LogP contribution in [0.15, 0.2) is 28.7 Å². The summed E-state index contributed by atoms with van der Waals surface area (Å²) in [6.45, 7) is 1.95. The summed E-state index contributed by atoms with van der Waals surface area (Å²) < 4.78 is 0.923. The molecule has 1 aromatic carbocycles. The van der Waals surface area contributed by atoms with E-state index >= 15 is 0 Å². The summed E-state index contributed by atoms with van der Waals surface area (Å²) >= 11 is 5.06. The number of carbonyl (C=O) groups is 1. The highest BCUT2D eigenvalue weighted by Crippen LogP contribution is 2.17. The first kappa shape index (κ1) is 15.5. The molecule has 0 saturated heterocycles. The van der Waals surface area contributed by atoms with Crippen molar-refractivity contribution in [1.82, 2.24) is 5.32 Å². The fraction of sp³-hybridized carbons (Fsp3) is 0.462. The molecule has 1 amide bonds. The largest absolute Gasteiger partial charge is 0.378 e. The molecule has 0 unspecified atom stereocenters. The molecule has 0 aliphatic heterocycles. The molecule has 18 heavy (non-hydrogen) atoms. The highest BCUT2D eigenvalue weighted by atomic mass is 79.9. The second-order valence-electron chi connectivity index (χ2n) is 4.15. The minimum atomic E-state index is -1.10. The Labute approximate surface area is 120 Å². The van der Waals surface area contributed by atoms with Gasteiger partial charge in [-0.15, -0.1) is 0 Å². The van der Waals surface area contributed by atoms with Gasteiger partial charge in [0.25, 0.3) is 5.91 Å². The van der Waals surface area contributed by atoms with Crippen molar-refractivity contribution in [3.63, 3.8) is 0 Å². The van der Waals surface area contributed by atoms with Crippen molar-refractivity contribution < 1.29 is 9.90 Å². The van der Waals surface area contributed by atoms with E-state index in [1.165, 1.54) is 0 Å². The van der Waals surface area contributed by atoms with Crippen LogP contribution in [0.5, 0.6) is 0 Å². The number of thioether (sulfide) groups is 1. The van der Waals surface area contributed by atoms with Crippen molar-refractivity contribution in [2.24, 2.45) is 0 Å². The van der Waals surface area contributed by atoms with Crippen LogP contribution in [0.2, 0.25) is 0 Å². The quantitative estimate of drug-likeness (QED) is 0.842. The highest BCUT2D eigenvalue weighted by Gasteiger charge is 2.18. The molecule has 0 heterocycles. The lowest BCUT2D eigenvalue weighted by Crippen LogP contribution is -2.36. The Kier molecular flexibility index (Phi) is 6.75. The third-order valence-electron chi connectivity index (χ3n) is 2.58. The standard InChI is InChI=1S/C13H18BrNO2S/c1-9(7-8-18-2)15-13(17)12(16)10-3-5-11(14)6-4-10/h3-6,9,12,16H,7-8H2,1-2H3,(H,15,17)/t9-,12+/m1/s1. The van der Waals surface area contributed by atoms with Gasteiger partial charge in [0.05, 0.1) is 0 Å². The number of hydrogen-bond acceptors (Lipinski definition) is 3. The summed E-state index contributed by atoms with van der Waals surface area (Å²) in [5.41, 5.74) is 0.604. The van der Waals surface area contributed by atoms with Crippen molar-refractivity contribution in [2.75, 3.05) is 12.0 Å². The van der Waals surface area contributed by atoms with Crippen molar-refractivity contribution in [1.29, 1.82) is 0 Å². The molecular formula is C13H18BrNO2S. The SMILES string of the molecule is CSCC[C@@H](C)NC(=O)[C@@H](O)c1ccc(Br)cc1. The summed E-state index contributed by atoms with van der Waals surface area (Å²) in [4.78, 5) is 11.8. The Morgan fingerprint density at radius 1 is 1.44 bits per heavy atom. The lowest BCUT2D eigenvalue weighted by Gasteiger charge is -2.16. The maximum absolute atomic E-state index is 11.8. The molecule has 0 bridgehead atoms. The molecule has 100 valence electrons. The van der Waals surface area contributed by atoms with Crippen LogP contribution in [0, 0.1) is 0 Å². The fourth-order valence-corrected chi connectivity index (χ4v) is 2.34. The second kappa shape index (κ2) is 7.81. The van der Waals surface area contributed by atoms with Gasteiger partial charge in [0.1, 0.15) is 0 Å². The minimum absolute atomic E-state index is 0.0787. The highest BCUT2D eigenvalue weighted by molar-refractivity contribution is 9.10. The first-order valence-electron chi connectivity index (χ1n) is 5.77. The molecule has 0 fully saturated rings. The first-order chi connectivity index (χ1) is 8.54. The van der Waals surface area contributed by atoms with Crippen molar-refractivity contribution in [3.8, 4) is 0 Å². The maximum atomic E-state index is 11.8. The van der Waals surface area contributed by atoms with Crippen LogP contribution >= 0.6 is 27.7 Å². The number of nitrogens with one attached hydrogen (secondary N) is 1. The molecule has 3 nitrogen and oxygen atoms in total. The number of carbonyl (C=O) groups excluding carboxylic acids is 1. The van der Waals surface area contributed by atoms with Crippen LogP contribution in [0.3, 0.4) is 0 Å².